The van der Waals surface area contributed by atoms with Crippen LogP contribution in [0.1, 0.15) is 112 Å². The molecule has 0 bridgehead atoms. The van der Waals surface area contributed by atoms with E-state index in [4.69, 9.17) is 0 Å². The summed E-state index contributed by atoms with van der Waals surface area (Å²) >= 11 is 0. The van der Waals surface area contributed by atoms with Gasteiger partial charge in [-0.3, -0.25) is 0 Å². The maximum atomic E-state index is 11.6. The van der Waals surface area contributed by atoms with Crippen LogP contribution in [0.25, 0.3) is 0 Å². The molecule has 4 saturated carbocycles. The Hall–Kier alpha value is -0.0800. The summed E-state index contributed by atoms with van der Waals surface area (Å²) in [5, 5.41) is 22.3. The molecule has 4 aliphatic rings. The Kier molecular flexibility index (Phi) is 5.95. The Labute approximate surface area is 180 Å². The minimum atomic E-state index is -0.831. The first-order valence-electron chi connectivity index (χ1n) is 13.0. The topological polar surface area (TPSA) is 40.5 Å². The Balaban J connectivity index is 1.51. The Morgan fingerprint density at radius 2 is 1.62 bits per heavy atom. The van der Waals surface area contributed by atoms with E-state index in [-0.39, 0.29) is 5.41 Å². The van der Waals surface area contributed by atoms with Gasteiger partial charge in [-0.1, -0.05) is 60.3 Å². The summed E-state index contributed by atoms with van der Waals surface area (Å²) in [6.07, 6.45) is 14.1. The number of rotatable bonds is 5. The molecule has 4 fully saturated rings. The van der Waals surface area contributed by atoms with Crippen LogP contribution in [0.5, 0.6) is 0 Å². The van der Waals surface area contributed by atoms with E-state index >= 15 is 0 Å². The monoisotopic (exact) mass is 404 g/mol. The van der Waals surface area contributed by atoms with Gasteiger partial charge >= 0.3 is 0 Å². The van der Waals surface area contributed by atoms with Gasteiger partial charge in [0.05, 0.1) is 11.7 Å². The first-order chi connectivity index (χ1) is 13.6. The van der Waals surface area contributed by atoms with Gasteiger partial charge in [-0.05, 0) is 92.3 Å². The predicted molar refractivity (Wildman–Crippen MR) is 121 cm³/mol. The zero-order chi connectivity index (χ0) is 21.0. The molecule has 0 aliphatic heterocycles. The van der Waals surface area contributed by atoms with Crippen LogP contribution in [0.4, 0.5) is 0 Å². The minimum Gasteiger partial charge on any atom is -0.390 e. The maximum Gasteiger partial charge on any atom is 0.0961 e. The van der Waals surface area contributed by atoms with Crippen LogP contribution in [0.3, 0.4) is 0 Å². The third-order valence-electron chi connectivity index (χ3n) is 11.0. The highest BCUT2D eigenvalue weighted by molar-refractivity contribution is 5.15. The molecule has 2 heteroatoms. The number of hydrogen-bond donors (Lipinski definition) is 2. The molecule has 0 aromatic carbocycles. The quantitative estimate of drug-likeness (QED) is 0.543. The van der Waals surface area contributed by atoms with Gasteiger partial charge in [-0.15, -0.1) is 0 Å². The first kappa shape index (κ1) is 22.1. The summed E-state index contributed by atoms with van der Waals surface area (Å²) in [6.45, 7) is 12.2. The highest BCUT2D eigenvalue weighted by Gasteiger charge is 2.65. The molecule has 2 N–H and O–H groups in total. The van der Waals surface area contributed by atoms with Crippen molar-refractivity contribution in [3.8, 4) is 0 Å². The van der Waals surface area contributed by atoms with E-state index in [1.54, 1.807) is 0 Å². The highest BCUT2D eigenvalue weighted by atomic mass is 16.3. The molecule has 2 nitrogen and oxygen atoms in total. The second kappa shape index (κ2) is 7.80. The lowest BCUT2D eigenvalue weighted by Gasteiger charge is -2.64. The lowest BCUT2D eigenvalue weighted by molar-refractivity contribution is -0.246. The van der Waals surface area contributed by atoms with Gasteiger partial charge in [0.25, 0.3) is 0 Å². The summed E-state index contributed by atoms with van der Waals surface area (Å²) in [6, 6.07) is 0. The summed E-state index contributed by atoms with van der Waals surface area (Å²) in [5.41, 5.74) is -0.393. The molecule has 4 aliphatic carbocycles. The van der Waals surface area contributed by atoms with Crippen LogP contribution in [0.15, 0.2) is 0 Å². The van der Waals surface area contributed by atoms with Crippen molar-refractivity contribution in [2.24, 2.45) is 46.3 Å². The van der Waals surface area contributed by atoms with Crippen LogP contribution < -0.4 is 0 Å². The smallest absolute Gasteiger partial charge is 0.0961 e. The average molecular weight is 405 g/mol. The summed E-state index contributed by atoms with van der Waals surface area (Å²) in [7, 11) is 0. The molecule has 0 heterocycles. The van der Waals surface area contributed by atoms with Crippen molar-refractivity contribution in [2.45, 2.75) is 123 Å². The molecule has 29 heavy (non-hydrogen) atoms. The van der Waals surface area contributed by atoms with Crippen molar-refractivity contribution in [1.82, 2.24) is 0 Å². The van der Waals surface area contributed by atoms with E-state index in [0.29, 0.717) is 11.3 Å². The van der Waals surface area contributed by atoms with Crippen LogP contribution in [-0.4, -0.2) is 21.9 Å². The van der Waals surface area contributed by atoms with Gasteiger partial charge < -0.3 is 10.2 Å². The molecule has 4 rings (SSSR count). The van der Waals surface area contributed by atoms with Crippen molar-refractivity contribution in [3.05, 3.63) is 0 Å². The first-order valence-corrected chi connectivity index (χ1v) is 13.0. The molecule has 0 spiro atoms. The zero-order valence-electron chi connectivity index (χ0n) is 19.9. The van der Waals surface area contributed by atoms with Gasteiger partial charge in [-0.2, -0.15) is 0 Å². The lowest BCUT2D eigenvalue weighted by Crippen LogP contribution is -2.66. The maximum absolute atomic E-state index is 11.6. The summed E-state index contributed by atoms with van der Waals surface area (Å²) in [5.74, 6) is 4.82. The fraction of sp³-hybridized carbons (Fsp3) is 1.00. The fourth-order valence-corrected chi connectivity index (χ4v) is 9.35. The van der Waals surface area contributed by atoms with E-state index in [0.717, 1.165) is 61.7 Å². The van der Waals surface area contributed by atoms with Gasteiger partial charge in [0, 0.05) is 5.41 Å². The SMILES string of the molecule is CC(C)CCC[C@@H](C)C1CCC2C3CC[C@@]4(O)C(O)CCCC4(C)C3CCC21C. The van der Waals surface area contributed by atoms with E-state index in [9.17, 15) is 10.2 Å². The summed E-state index contributed by atoms with van der Waals surface area (Å²) < 4.78 is 0. The summed E-state index contributed by atoms with van der Waals surface area (Å²) in [4.78, 5) is 0. The van der Waals surface area contributed by atoms with Crippen molar-refractivity contribution in [3.63, 3.8) is 0 Å². The van der Waals surface area contributed by atoms with Crippen LogP contribution >= 0.6 is 0 Å². The van der Waals surface area contributed by atoms with Gasteiger partial charge in [0.15, 0.2) is 0 Å². The number of fused-ring (bicyclic) bond motifs is 5. The Bertz CT molecular complexity index is 587. The van der Waals surface area contributed by atoms with Crippen molar-refractivity contribution in [2.75, 3.05) is 0 Å². The number of aliphatic hydroxyl groups excluding tert-OH is 1. The highest BCUT2D eigenvalue weighted by Crippen LogP contribution is 2.69. The molecule has 0 aromatic heterocycles. The predicted octanol–water partition coefficient (Wildman–Crippen LogP) is 6.58. The Morgan fingerprint density at radius 3 is 2.34 bits per heavy atom. The van der Waals surface area contributed by atoms with E-state index in [1.807, 2.05) is 0 Å². The average Bonchev–Trinajstić information content (AvgIpc) is 3.01. The second-order valence-corrected chi connectivity index (χ2v) is 12.7. The molecule has 0 aromatic rings. The van der Waals surface area contributed by atoms with Crippen LogP contribution in [0, 0.1) is 46.3 Å². The van der Waals surface area contributed by atoms with Crippen molar-refractivity contribution >= 4 is 0 Å². The van der Waals surface area contributed by atoms with Gasteiger partial charge in [0.1, 0.15) is 0 Å². The normalized spacial score (nSPS) is 50.7. The molecule has 9 atom stereocenters. The molecule has 7 unspecified atom stereocenters. The molecule has 0 amide bonds. The minimum absolute atomic E-state index is 0.0735. The van der Waals surface area contributed by atoms with Crippen molar-refractivity contribution in [1.29, 1.82) is 0 Å². The third-order valence-corrected chi connectivity index (χ3v) is 11.0. The third kappa shape index (κ3) is 3.34. The molecule has 168 valence electrons. The molecule has 0 radical (unpaired) electrons. The van der Waals surface area contributed by atoms with E-state index in [1.165, 1.54) is 44.9 Å². The zero-order valence-corrected chi connectivity index (χ0v) is 19.9. The van der Waals surface area contributed by atoms with E-state index in [2.05, 4.69) is 34.6 Å². The Morgan fingerprint density at radius 1 is 0.862 bits per heavy atom. The number of aliphatic hydroxyl groups is 2. The molecular formula is C27H48O2. The van der Waals surface area contributed by atoms with E-state index < -0.39 is 11.7 Å². The number of hydrogen-bond acceptors (Lipinski definition) is 2. The van der Waals surface area contributed by atoms with Crippen LogP contribution in [-0.2, 0) is 0 Å². The molecule has 0 saturated heterocycles. The van der Waals surface area contributed by atoms with Crippen molar-refractivity contribution < 1.29 is 10.2 Å². The van der Waals surface area contributed by atoms with Crippen LogP contribution in [0.2, 0.25) is 0 Å². The molecular weight excluding hydrogens is 356 g/mol. The largest absolute Gasteiger partial charge is 0.390 e. The second-order valence-electron chi connectivity index (χ2n) is 12.7. The standard InChI is InChI=1S/C27H48O2/c1-18(2)8-6-9-19(3)21-11-12-22-20-13-17-27(29)24(28)10-7-15-26(27,5)23(20)14-16-25(21,22)4/h18-24,28-29H,6-17H2,1-5H3/t19-,20?,21?,22?,23?,24?,25?,26?,27-/m1/s1. The fourth-order valence-electron chi connectivity index (χ4n) is 9.35. The lowest BCUT2D eigenvalue weighted by atomic mass is 9.42. The van der Waals surface area contributed by atoms with Gasteiger partial charge in [-0.25, -0.2) is 0 Å². The van der Waals surface area contributed by atoms with Gasteiger partial charge in [0.2, 0.25) is 0 Å².